The third kappa shape index (κ3) is 13.5. The monoisotopic (exact) mass is 633 g/mol. The second-order valence-electron chi connectivity index (χ2n) is 8.06. The van der Waals surface area contributed by atoms with Crippen LogP contribution >= 0.6 is 21.6 Å². The molecule has 16 nitrogen and oxygen atoms in total. The van der Waals surface area contributed by atoms with E-state index in [-0.39, 0.29) is 71.7 Å². The van der Waals surface area contributed by atoms with Crippen LogP contribution in [-0.4, -0.2) is 99.2 Å². The highest BCUT2D eigenvalue weighted by atomic mass is 33.1. The molecule has 0 radical (unpaired) electrons. The Balaban J connectivity index is 1.77. The zero-order valence-corrected chi connectivity index (χ0v) is 24.5. The number of ether oxygens (including phenoxy) is 2. The van der Waals surface area contributed by atoms with Crippen LogP contribution in [0.15, 0.2) is 34.5 Å². The van der Waals surface area contributed by atoms with Gasteiger partial charge in [0.25, 0.3) is 11.8 Å². The lowest BCUT2D eigenvalue weighted by molar-refractivity contribution is -0.198. The molecule has 0 bridgehead atoms. The molecule has 2 heterocycles. The topological polar surface area (TPSA) is 219 Å². The third-order valence-corrected chi connectivity index (χ3v) is 9.16. The maximum Gasteiger partial charge on any atom is 0.335 e. The first kappa shape index (κ1) is 34.3. The Morgan fingerprint density at radius 3 is 2.56 bits per heavy atom. The van der Waals surface area contributed by atoms with Crippen LogP contribution in [0.5, 0.6) is 0 Å². The number of pyridine rings is 1. The average molecular weight is 634 g/mol. The van der Waals surface area contributed by atoms with Crippen LogP contribution in [0, 0.1) is 0 Å². The molecule has 1 aromatic heterocycles. The summed E-state index contributed by atoms with van der Waals surface area (Å²) in [5, 5.41) is 5.66. The molecule has 1 saturated heterocycles. The summed E-state index contributed by atoms with van der Waals surface area (Å²) in [7, 11) is -1.38. The van der Waals surface area contributed by atoms with Gasteiger partial charge in [-0.05, 0) is 34.9 Å². The van der Waals surface area contributed by atoms with Gasteiger partial charge >= 0.3 is 5.97 Å². The number of carbonyl (C=O) groups excluding carboxylic acids is 4. The molecule has 0 spiro atoms. The van der Waals surface area contributed by atoms with E-state index in [1.165, 1.54) is 21.6 Å². The summed E-state index contributed by atoms with van der Waals surface area (Å²) >= 11 is 0. The molecule has 0 aliphatic carbocycles. The Labute approximate surface area is 244 Å². The highest BCUT2D eigenvalue weighted by molar-refractivity contribution is 8.76. The number of nitrogens with zero attached hydrogens (tertiary/aromatic N) is 5. The lowest BCUT2D eigenvalue weighted by Gasteiger charge is -2.18. The van der Waals surface area contributed by atoms with Gasteiger partial charge < -0.3 is 19.6 Å². The summed E-state index contributed by atoms with van der Waals surface area (Å²) in [4.78, 5) is 59.0. The second kappa shape index (κ2) is 19.2. The lowest BCUT2D eigenvalue weighted by atomic mass is 10.3. The Morgan fingerprint density at radius 2 is 1.85 bits per heavy atom. The predicted octanol–water partition coefficient (Wildman–Crippen LogP) is 0.957. The standard InChI is InChI=1S/C22H31N7O9S3/c23-28-26-10-14-37-13-9-25-22(33)17(7-16-39-40-18-3-1-2-8-24-18)41(34,35)27-11-15-36-12-6-21(32)38-29-19(30)4-5-20(29)31/h1-3,8,17,27H,4-7,9-16H2,(H,25,33). The Morgan fingerprint density at radius 1 is 1.12 bits per heavy atom. The summed E-state index contributed by atoms with van der Waals surface area (Å²) in [6, 6.07) is 5.42. The van der Waals surface area contributed by atoms with Crippen molar-refractivity contribution >= 4 is 55.3 Å². The number of rotatable bonds is 21. The van der Waals surface area contributed by atoms with Crippen molar-refractivity contribution in [2.24, 2.45) is 5.11 Å². The van der Waals surface area contributed by atoms with Crippen molar-refractivity contribution in [3.8, 4) is 0 Å². The number of amides is 3. The quantitative estimate of drug-likeness (QED) is 0.0483. The lowest BCUT2D eigenvalue weighted by Crippen LogP contribution is -2.47. The molecule has 19 heteroatoms. The van der Waals surface area contributed by atoms with Gasteiger partial charge in [0.1, 0.15) is 5.03 Å². The number of hydrogen-bond acceptors (Lipinski definition) is 13. The predicted molar refractivity (Wildman–Crippen MR) is 148 cm³/mol. The van der Waals surface area contributed by atoms with Gasteiger partial charge in [-0.15, -0.1) is 5.06 Å². The van der Waals surface area contributed by atoms with Crippen LogP contribution in [-0.2, 0) is 43.5 Å². The molecule has 2 rings (SSSR count). The number of nitrogens with one attached hydrogen (secondary N) is 2. The van der Waals surface area contributed by atoms with Crippen molar-refractivity contribution in [3.63, 3.8) is 0 Å². The minimum Gasteiger partial charge on any atom is -0.379 e. The fourth-order valence-corrected chi connectivity index (χ4v) is 6.59. The van der Waals surface area contributed by atoms with Gasteiger partial charge in [0.2, 0.25) is 15.9 Å². The van der Waals surface area contributed by atoms with Crippen molar-refractivity contribution in [3.05, 3.63) is 34.8 Å². The zero-order valence-electron chi connectivity index (χ0n) is 22.0. The molecule has 1 aliphatic heterocycles. The molecule has 1 aliphatic rings. The van der Waals surface area contributed by atoms with E-state index in [0.29, 0.717) is 10.8 Å². The molecule has 1 atom stereocenters. The molecule has 2 N–H and O–H groups in total. The van der Waals surface area contributed by atoms with Gasteiger partial charge in [-0.1, -0.05) is 22.0 Å². The van der Waals surface area contributed by atoms with E-state index in [1.807, 2.05) is 12.1 Å². The Bertz CT molecular complexity index is 1150. The maximum atomic E-state index is 13.0. The summed E-state index contributed by atoms with van der Waals surface area (Å²) < 4.78 is 38.7. The van der Waals surface area contributed by atoms with Crippen LogP contribution in [0.3, 0.4) is 0 Å². The number of hydroxylamine groups is 2. The molecular formula is C22H31N7O9S3. The summed E-state index contributed by atoms with van der Waals surface area (Å²) in [5.74, 6) is -2.39. The van der Waals surface area contributed by atoms with E-state index in [0.717, 1.165) is 5.03 Å². The molecule has 0 saturated carbocycles. The average Bonchev–Trinajstić information content (AvgIpc) is 3.26. The van der Waals surface area contributed by atoms with Crippen LogP contribution < -0.4 is 10.0 Å². The van der Waals surface area contributed by atoms with E-state index in [2.05, 4.69) is 25.0 Å². The van der Waals surface area contributed by atoms with E-state index in [1.54, 1.807) is 12.3 Å². The summed E-state index contributed by atoms with van der Waals surface area (Å²) in [5.41, 5.74) is 8.25. The van der Waals surface area contributed by atoms with Crippen LogP contribution in [0.25, 0.3) is 10.4 Å². The first-order chi connectivity index (χ1) is 19.7. The largest absolute Gasteiger partial charge is 0.379 e. The first-order valence-corrected chi connectivity index (χ1v) is 16.3. The fourth-order valence-electron chi connectivity index (χ4n) is 3.11. The van der Waals surface area contributed by atoms with Gasteiger partial charge in [-0.25, -0.2) is 22.9 Å². The number of azide groups is 1. The molecule has 1 aromatic rings. The maximum absolute atomic E-state index is 13.0. The molecule has 0 aromatic carbocycles. The molecule has 226 valence electrons. The first-order valence-electron chi connectivity index (χ1n) is 12.4. The molecule has 3 amide bonds. The SMILES string of the molecule is [N-]=[N+]=NCCOCCNC(=O)C(CCSSc1ccccn1)S(=O)(=O)NCCOCCC(=O)ON1C(=O)CCC1=O. The van der Waals surface area contributed by atoms with Crippen molar-refractivity contribution in [2.45, 2.75) is 36.0 Å². The number of hydrogen-bond donors (Lipinski definition) is 2. The number of sulfonamides is 1. The minimum absolute atomic E-state index is 0.0177. The minimum atomic E-state index is -4.10. The fraction of sp³-hybridized carbons (Fsp3) is 0.591. The van der Waals surface area contributed by atoms with Crippen LogP contribution in [0.2, 0.25) is 0 Å². The summed E-state index contributed by atoms with van der Waals surface area (Å²) in [6.45, 7) is 0.0583. The van der Waals surface area contributed by atoms with Crippen molar-refractivity contribution in [1.29, 1.82) is 0 Å². The van der Waals surface area contributed by atoms with E-state index in [9.17, 15) is 27.6 Å². The van der Waals surface area contributed by atoms with Gasteiger partial charge in [0, 0.05) is 49.3 Å². The van der Waals surface area contributed by atoms with Crippen LogP contribution in [0.4, 0.5) is 0 Å². The number of aromatic nitrogens is 1. The highest BCUT2D eigenvalue weighted by Crippen LogP contribution is 2.30. The van der Waals surface area contributed by atoms with Gasteiger partial charge in [-0.3, -0.25) is 14.4 Å². The Kier molecular flexibility index (Phi) is 16.1. The highest BCUT2D eigenvalue weighted by Gasteiger charge is 2.33. The number of imide groups is 1. The molecule has 1 unspecified atom stereocenters. The summed E-state index contributed by atoms with van der Waals surface area (Å²) in [6.07, 6.45) is 1.37. The number of carbonyl (C=O) groups is 4. The normalized spacial score (nSPS) is 14.0. The van der Waals surface area contributed by atoms with E-state index >= 15 is 0 Å². The van der Waals surface area contributed by atoms with Gasteiger partial charge in [-0.2, -0.15) is 0 Å². The zero-order chi connectivity index (χ0) is 29.9. The van der Waals surface area contributed by atoms with Gasteiger partial charge in [0.05, 0.1) is 32.8 Å². The second-order valence-corrected chi connectivity index (χ2v) is 12.4. The van der Waals surface area contributed by atoms with E-state index < -0.39 is 39.0 Å². The smallest absolute Gasteiger partial charge is 0.335 e. The third-order valence-electron chi connectivity index (χ3n) is 5.06. The molecule has 41 heavy (non-hydrogen) atoms. The molecule has 1 fully saturated rings. The van der Waals surface area contributed by atoms with Crippen molar-refractivity contribution in [2.75, 3.05) is 51.8 Å². The van der Waals surface area contributed by atoms with Crippen molar-refractivity contribution in [1.82, 2.24) is 20.1 Å². The van der Waals surface area contributed by atoms with Gasteiger partial charge in [0.15, 0.2) is 5.25 Å². The van der Waals surface area contributed by atoms with E-state index in [4.69, 9.17) is 19.8 Å². The van der Waals surface area contributed by atoms with Crippen LogP contribution in [0.1, 0.15) is 25.7 Å². The Hall–Kier alpha value is -2.93. The molecular weight excluding hydrogens is 602 g/mol. The van der Waals surface area contributed by atoms with Crippen molar-refractivity contribution < 1.29 is 41.9 Å².